The molecule has 0 N–H and O–H groups in total. The number of hydrogen-bond acceptors (Lipinski definition) is 3. The van der Waals surface area contributed by atoms with Gasteiger partial charge in [0.15, 0.2) is 0 Å². The van der Waals surface area contributed by atoms with Crippen LogP contribution < -0.4 is 0 Å². The van der Waals surface area contributed by atoms with Gasteiger partial charge < -0.3 is 4.57 Å². The number of benzene rings is 2. The van der Waals surface area contributed by atoms with E-state index in [1.807, 2.05) is 20.2 Å². The average Bonchev–Trinajstić information content (AvgIpc) is 3.50. The number of nitrogens with zero attached hydrogens (tertiary/aromatic N) is 6. The van der Waals surface area contributed by atoms with Crippen molar-refractivity contribution in [1.29, 1.82) is 5.26 Å². The first kappa shape index (κ1) is 18.5. The summed E-state index contributed by atoms with van der Waals surface area (Å²) in [5.41, 5.74) is 8.51. The van der Waals surface area contributed by atoms with Crippen molar-refractivity contribution in [1.82, 2.24) is 23.9 Å². The van der Waals surface area contributed by atoms with Crippen LogP contribution in [0.25, 0.3) is 39.4 Å². The van der Waals surface area contributed by atoms with Crippen LogP contribution in [0.2, 0.25) is 0 Å². The molecule has 6 heteroatoms. The average molecular weight is 437 g/mol. The fourth-order valence-corrected chi connectivity index (χ4v) is 4.47. The van der Waals surface area contributed by atoms with Gasteiger partial charge >= 0.3 is 0 Å². The first-order valence-electron chi connectivity index (χ1n) is 11.9. The van der Waals surface area contributed by atoms with Crippen LogP contribution in [0, 0.1) is 25.2 Å². The highest BCUT2D eigenvalue weighted by atomic mass is 15.3. The largest absolute Gasteiger partial charge is 0.313 e. The molecule has 2 aromatic carbocycles. The van der Waals surface area contributed by atoms with Gasteiger partial charge in [-0.2, -0.15) is 10.4 Å². The topological polar surface area (TPSA) is 64.4 Å². The Bertz CT molecular complexity index is 1640. The third-order valence-corrected chi connectivity index (χ3v) is 6.26. The van der Waals surface area contributed by atoms with Gasteiger partial charge in [-0.3, -0.25) is 9.25 Å². The van der Waals surface area contributed by atoms with Crippen LogP contribution in [0.1, 0.15) is 32.2 Å². The van der Waals surface area contributed by atoms with Gasteiger partial charge in [-0.15, -0.1) is 0 Å². The molecule has 0 fully saturated rings. The van der Waals surface area contributed by atoms with E-state index < -0.39 is 0 Å². The van der Waals surface area contributed by atoms with E-state index in [0.717, 1.165) is 51.6 Å². The van der Waals surface area contributed by atoms with Crippen molar-refractivity contribution in [3.8, 4) is 34.4 Å². The second-order valence-electron chi connectivity index (χ2n) is 8.34. The van der Waals surface area contributed by atoms with E-state index in [2.05, 4.69) is 59.3 Å². The molecule has 0 aliphatic rings. The maximum Gasteiger partial charge on any atom is 0.215 e. The molecule has 0 spiro atoms. The molecule has 0 bridgehead atoms. The van der Waals surface area contributed by atoms with Crippen LogP contribution in [-0.2, 0) is 20.5 Å². The van der Waals surface area contributed by atoms with E-state index in [1.165, 1.54) is 5.56 Å². The van der Waals surface area contributed by atoms with Gasteiger partial charge in [-0.1, -0.05) is 19.0 Å². The Kier molecular flexibility index (Phi) is 4.36. The Hall–Kier alpha value is -4.11. The zero-order valence-electron chi connectivity index (χ0n) is 21.4. The molecule has 0 aliphatic heterocycles. The minimum atomic E-state index is -0.0803. The fraction of sp³-hybridized carbons (Fsp3) is 0.222. The second-order valence-corrected chi connectivity index (χ2v) is 8.34. The molecule has 3 heterocycles. The number of imidazole rings is 1. The van der Waals surface area contributed by atoms with Gasteiger partial charge in [0.1, 0.15) is 0 Å². The number of fused-ring (bicyclic) bond motifs is 1. The van der Waals surface area contributed by atoms with Crippen LogP contribution >= 0.6 is 0 Å². The molecule has 0 radical (unpaired) electrons. The molecule has 0 saturated heterocycles. The highest BCUT2D eigenvalue weighted by molar-refractivity contribution is 5.97. The lowest BCUT2D eigenvalue weighted by Crippen LogP contribution is -2.06. The summed E-state index contributed by atoms with van der Waals surface area (Å²) in [6.45, 7) is 6.27. The molecule has 164 valence electrons. The summed E-state index contributed by atoms with van der Waals surface area (Å²) in [6, 6.07) is 13.8. The molecular formula is C27H26N6. The number of aromatic nitrogens is 5. The van der Waals surface area contributed by atoms with Crippen LogP contribution in [-0.4, -0.2) is 23.9 Å². The number of nitriles is 1. The molecule has 6 nitrogen and oxygen atoms in total. The summed E-state index contributed by atoms with van der Waals surface area (Å²) in [5.74, 6) is 0.841. The predicted molar refractivity (Wildman–Crippen MR) is 131 cm³/mol. The molecule has 0 aliphatic carbocycles. The van der Waals surface area contributed by atoms with Crippen LogP contribution in [0.5, 0.6) is 0 Å². The second kappa shape index (κ2) is 7.79. The third-order valence-electron chi connectivity index (χ3n) is 6.26. The lowest BCUT2D eigenvalue weighted by molar-refractivity contribution is 0.776. The van der Waals surface area contributed by atoms with Crippen molar-refractivity contribution in [3.05, 3.63) is 77.2 Å². The maximum atomic E-state index is 9.29. The zero-order chi connectivity index (χ0) is 25.0. The van der Waals surface area contributed by atoms with Crippen molar-refractivity contribution >= 4 is 11.0 Å². The van der Waals surface area contributed by atoms with Crippen molar-refractivity contribution < 1.29 is 2.74 Å². The molecule has 3 aromatic heterocycles. The standard InChI is InChI=1S/C27H26N6/c1-6-19-13-22(23-16-29-32(5)26(23)21-11-9-20(15-28)10-12-21)25-24(14-19)31(4)27(30-25)33-17(2)7-8-18(33)3/h7-14,16H,6H2,1-5H3/i9D,11D. The van der Waals surface area contributed by atoms with Crippen LogP contribution in [0.15, 0.2) is 54.7 Å². The monoisotopic (exact) mass is 436 g/mol. The first-order chi connectivity index (χ1) is 16.8. The molecule has 5 rings (SSSR count). The van der Waals surface area contributed by atoms with E-state index in [0.29, 0.717) is 5.56 Å². The smallest absolute Gasteiger partial charge is 0.215 e. The lowest BCUT2D eigenvalue weighted by atomic mass is 9.97. The van der Waals surface area contributed by atoms with E-state index in [4.69, 9.17) is 7.73 Å². The molecular weight excluding hydrogens is 408 g/mol. The van der Waals surface area contributed by atoms with Gasteiger partial charge in [0.25, 0.3) is 0 Å². The minimum Gasteiger partial charge on any atom is -0.313 e. The summed E-state index contributed by atoms with van der Waals surface area (Å²) in [4.78, 5) is 5.10. The quantitative estimate of drug-likeness (QED) is 0.375. The summed E-state index contributed by atoms with van der Waals surface area (Å²) in [5, 5.41) is 13.8. The third kappa shape index (κ3) is 3.25. The zero-order valence-corrected chi connectivity index (χ0v) is 19.4. The van der Waals surface area contributed by atoms with Gasteiger partial charge in [-0.05, 0) is 62.2 Å². The summed E-state index contributed by atoms with van der Waals surface area (Å²) in [6.07, 6.45) is 2.66. The van der Waals surface area contributed by atoms with Gasteiger partial charge in [-0.25, -0.2) is 4.98 Å². The Balaban J connectivity index is 1.82. The van der Waals surface area contributed by atoms with Crippen molar-refractivity contribution in [2.75, 3.05) is 0 Å². The first-order valence-corrected chi connectivity index (χ1v) is 10.9. The van der Waals surface area contributed by atoms with E-state index in [-0.39, 0.29) is 17.6 Å². The highest BCUT2D eigenvalue weighted by Gasteiger charge is 2.21. The normalized spacial score (nSPS) is 12.1. The molecule has 0 amide bonds. The van der Waals surface area contributed by atoms with E-state index in [1.54, 1.807) is 23.0 Å². The summed E-state index contributed by atoms with van der Waals surface area (Å²) >= 11 is 0. The van der Waals surface area contributed by atoms with Gasteiger partial charge in [0, 0.05) is 42.2 Å². The van der Waals surface area contributed by atoms with Crippen molar-refractivity contribution in [2.45, 2.75) is 27.2 Å². The molecule has 33 heavy (non-hydrogen) atoms. The van der Waals surface area contributed by atoms with E-state index >= 15 is 0 Å². The Labute approximate surface area is 196 Å². The lowest BCUT2D eigenvalue weighted by Gasteiger charge is -2.10. The fourth-order valence-electron chi connectivity index (χ4n) is 4.47. The minimum absolute atomic E-state index is 0.0112. The maximum absolute atomic E-state index is 9.29. The van der Waals surface area contributed by atoms with Crippen molar-refractivity contribution in [2.24, 2.45) is 14.1 Å². The number of aryl methyl sites for hydroxylation is 5. The van der Waals surface area contributed by atoms with Crippen LogP contribution in [0.3, 0.4) is 0 Å². The summed E-state index contributed by atoms with van der Waals surface area (Å²) in [7, 11) is 3.86. The predicted octanol–water partition coefficient (Wildman–Crippen LogP) is 5.48. The number of hydrogen-bond donors (Lipinski definition) is 0. The van der Waals surface area contributed by atoms with Crippen LogP contribution in [0.4, 0.5) is 0 Å². The summed E-state index contributed by atoms with van der Waals surface area (Å²) < 4.78 is 22.9. The molecule has 0 unspecified atom stereocenters. The Morgan fingerprint density at radius 3 is 2.48 bits per heavy atom. The number of rotatable bonds is 4. The van der Waals surface area contributed by atoms with E-state index in [9.17, 15) is 5.26 Å². The Morgan fingerprint density at radius 2 is 1.79 bits per heavy atom. The highest BCUT2D eigenvalue weighted by Crippen LogP contribution is 2.37. The van der Waals surface area contributed by atoms with Crippen molar-refractivity contribution in [3.63, 3.8) is 0 Å². The van der Waals surface area contributed by atoms with Gasteiger partial charge in [0.05, 0.1) is 37.3 Å². The molecule has 5 aromatic rings. The van der Waals surface area contributed by atoms with Gasteiger partial charge in [0.2, 0.25) is 5.95 Å². The molecule has 0 saturated carbocycles. The SMILES string of the molecule is [2H]c1c(C#N)ccc(-c2c(-c3cc(CC)cc4c3nc(-n3c(C)ccc3C)n4C)cnn2C)c1[2H]. The Morgan fingerprint density at radius 1 is 1.03 bits per heavy atom. The molecule has 0 atom stereocenters.